The lowest BCUT2D eigenvalue weighted by molar-refractivity contribution is 0.289. The van der Waals surface area contributed by atoms with Crippen molar-refractivity contribution in [3.05, 3.63) is 104 Å². The first-order valence-electron chi connectivity index (χ1n) is 9.96. The van der Waals surface area contributed by atoms with Crippen molar-refractivity contribution in [1.82, 2.24) is 0 Å². The number of aryl methyl sites for hydroxylation is 1. The maximum absolute atomic E-state index is 13.3. The number of halogens is 2. The van der Waals surface area contributed by atoms with Crippen LogP contribution in [0.3, 0.4) is 0 Å². The molecule has 0 bridgehead atoms. The molecule has 0 atom stereocenters. The van der Waals surface area contributed by atoms with E-state index in [1.165, 1.54) is 12.1 Å². The highest BCUT2D eigenvalue weighted by molar-refractivity contribution is 6.33. The van der Waals surface area contributed by atoms with Crippen LogP contribution in [0.25, 0.3) is 11.0 Å². The third-order valence-electron chi connectivity index (χ3n) is 5.71. The molecule has 0 aliphatic carbocycles. The van der Waals surface area contributed by atoms with Gasteiger partial charge in [0.15, 0.2) is 6.73 Å². The lowest BCUT2D eigenvalue weighted by Crippen LogP contribution is -2.32. The van der Waals surface area contributed by atoms with E-state index in [-0.39, 0.29) is 18.2 Å². The first-order chi connectivity index (χ1) is 15.0. The van der Waals surface area contributed by atoms with Gasteiger partial charge in [-0.3, -0.25) is 0 Å². The highest BCUT2D eigenvalue weighted by Gasteiger charge is 2.26. The van der Waals surface area contributed by atoms with Gasteiger partial charge in [-0.05, 0) is 48.4 Å². The summed E-state index contributed by atoms with van der Waals surface area (Å²) in [6.45, 7) is 2.61. The second-order valence-electron chi connectivity index (χ2n) is 7.65. The van der Waals surface area contributed by atoms with Gasteiger partial charge in [-0.1, -0.05) is 41.9 Å². The number of nitrogens with zero attached hydrogens (tertiary/aromatic N) is 1. The minimum atomic E-state index is -0.364. The van der Waals surface area contributed by atoms with Crippen molar-refractivity contribution < 1.29 is 13.5 Å². The van der Waals surface area contributed by atoms with Gasteiger partial charge in [0.1, 0.15) is 17.1 Å². The summed E-state index contributed by atoms with van der Waals surface area (Å²) >= 11 is 6.55. The summed E-state index contributed by atoms with van der Waals surface area (Å²) in [6, 6.07) is 17.8. The Balaban J connectivity index is 1.62. The van der Waals surface area contributed by atoms with Crippen molar-refractivity contribution in [2.45, 2.75) is 19.9 Å². The number of rotatable bonds is 3. The normalized spacial score (nSPS) is 13.2. The summed E-state index contributed by atoms with van der Waals surface area (Å²) in [7, 11) is 0. The van der Waals surface area contributed by atoms with Gasteiger partial charge >= 0.3 is 5.63 Å². The largest absolute Gasteiger partial charge is 0.471 e. The average Bonchev–Trinajstić information content (AvgIpc) is 2.79. The molecule has 4 aromatic rings. The number of ether oxygens (including phenoxy) is 1. The van der Waals surface area contributed by atoms with Gasteiger partial charge in [0.2, 0.25) is 0 Å². The monoisotopic (exact) mass is 435 g/mol. The predicted octanol–water partition coefficient (Wildman–Crippen LogP) is 5.84. The molecule has 0 radical (unpaired) electrons. The van der Waals surface area contributed by atoms with Gasteiger partial charge in [-0.15, -0.1) is 0 Å². The Kier molecular flexibility index (Phi) is 4.91. The van der Waals surface area contributed by atoms with E-state index < -0.39 is 0 Å². The summed E-state index contributed by atoms with van der Waals surface area (Å²) in [5.41, 5.74) is 4.12. The summed E-state index contributed by atoms with van der Waals surface area (Å²) in [5.74, 6) is 0.217. The predicted molar refractivity (Wildman–Crippen MR) is 120 cm³/mol. The fourth-order valence-electron chi connectivity index (χ4n) is 4.03. The van der Waals surface area contributed by atoms with Crippen molar-refractivity contribution in [3.63, 3.8) is 0 Å². The molecule has 0 N–H and O–H groups in total. The summed E-state index contributed by atoms with van der Waals surface area (Å²) in [4.78, 5) is 14.9. The van der Waals surface area contributed by atoms with Gasteiger partial charge in [0.25, 0.3) is 0 Å². The SMILES string of the molecule is Cc1c(Cc2ccccc2)c(=O)oc2c3c(c(Cl)cc12)OCN(c1ccc(F)cc1)C3. The zero-order valence-electron chi connectivity index (χ0n) is 16.8. The van der Waals surface area contributed by atoms with Crippen LogP contribution in [-0.2, 0) is 13.0 Å². The Bertz CT molecular complexity index is 1330. The summed E-state index contributed by atoms with van der Waals surface area (Å²) in [6.07, 6.45) is 0.484. The van der Waals surface area contributed by atoms with Crippen molar-refractivity contribution in [1.29, 1.82) is 0 Å². The van der Waals surface area contributed by atoms with Gasteiger partial charge in [-0.2, -0.15) is 0 Å². The Morgan fingerprint density at radius 3 is 2.58 bits per heavy atom. The molecule has 156 valence electrons. The molecule has 0 spiro atoms. The molecule has 1 aliphatic rings. The van der Waals surface area contributed by atoms with E-state index in [4.69, 9.17) is 20.8 Å². The Morgan fingerprint density at radius 1 is 1.10 bits per heavy atom. The maximum atomic E-state index is 13.3. The Labute approximate surface area is 183 Å². The molecule has 0 amide bonds. The number of benzene rings is 3. The third kappa shape index (κ3) is 3.55. The second kappa shape index (κ2) is 7.75. The van der Waals surface area contributed by atoms with E-state index in [2.05, 4.69) is 0 Å². The molecule has 0 saturated heterocycles. The molecule has 1 aliphatic heterocycles. The molecule has 0 fully saturated rings. The summed E-state index contributed by atoms with van der Waals surface area (Å²) < 4.78 is 25.0. The minimum Gasteiger partial charge on any atom is -0.471 e. The van der Waals surface area contributed by atoms with Crippen LogP contribution in [0, 0.1) is 12.7 Å². The smallest absolute Gasteiger partial charge is 0.340 e. The van der Waals surface area contributed by atoms with Crippen molar-refractivity contribution in [3.8, 4) is 5.75 Å². The topological polar surface area (TPSA) is 42.7 Å². The lowest BCUT2D eigenvalue weighted by Gasteiger charge is -2.31. The molecule has 6 heteroatoms. The van der Waals surface area contributed by atoms with Crippen LogP contribution in [0.15, 0.2) is 69.9 Å². The van der Waals surface area contributed by atoms with Crippen LogP contribution >= 0.6 is 11.6 Å². The van der Waals surface area contributed by atoms with Crippen molar-refractivity contribution in [2.24, 2.45) is 0 Å². The molecule has 31 heavy (non-hydrogen) atoms. The van der Waals surface area contributed by atoms with Gasteiger partial charge in [-0.25, -0.2) is 9.18 Å². The molecule has 0 unspecified atom stereocenters. The van der Waals surface area contributed by atoms with Crippen LogP contribution in [0.2, 0.25) is 5.02 Å². The van der Waals surface area contributed by atoms with Crippen molar-refractivity contribution >= 4 is 28.3 Å². The zero-order chi connectivity index (χ0) is 21.5. The maximum Gasteiger partial charge on any atom is 0.340 e. The number of hydrogen-bond donors (Lipinski definition) is 0. The average molecular weight is 436 g/mol. The van der Waals surface area contributed by atoms with E-state index >= 15 is 0 Å². The fourth-order valence-corrected chi connectivity index (χ4v) is 4.31. The van der Waals surface area contributed by atoms with E-state index in [1.807, 2.05) is 42.2 Å². The van der Waals surface area contributed by atoms with E-state index in [0.29, 0.717) is 40.4 Å². The van der Waals surface area contributed by atoms with Crippen LogP contribution in [0.5, 0.6) is 5.75 Å². The molecule has 3 aromatic carbocycles. The molecule has 0 saturated carbocycles. The standard InChI is InChI=1S/C25H19ClFNO3/c1-15-19-12-22(26)24-21(13-28(14-30-24)18-9-7-17(27)8-10-18)23(19)31-25(29)20(15)11-16-5-3-2-4-6-16/h2-10,12H,11,13-14H2,1H3. The number of fused-ring (bicyclic) bond motifs is 3. The number of anilines is 1. The van der Waals surface area contributed by atoms with E-state index in [0.717, 1.165) is 22.2 Å². The van der Waals surface area contributed by atoms with E-state index in [1.54, 1.807) is 18.2 Å². The Morgan fingerprint density at radius 2 is 1.84 bits per heavy atom. The molecular formula is C25H19ClFNO3. The fraction of sp³-hybridized carbons (Fsp3) is 0.160. The van der Waals surface area contributed by atoms with Crippen molar-refractivity contribution in [2.75, 3.05) is 11.6 Å². The molecule has 5 rings (SSSR count). The van der Waals surface area contributed by atoms with E-state index in [9.17, 15) is 9.18 Å². The third-order valence-corrected chi connectivity index (χ3v) is 5.99. The number of hydrogen-bond acceptors (Lipinski definition) is 4. The van der Waals surface area contributed by atoms with Gasteiger partial charge in [0.05, 0.1) is 17.1 Å². The Hall–Kier alpha value is -3.31. The molecule has 1 aromatic heterocycles. The molecular weight excluding hydrogens is 417 g/mol. The quantitative estimate of drug-likeness (QED) is 0.379. The second-order valence-corrected chi connectivity index (χ2v) is 8.05. The zero-order valence-corrected chi connectivity index (χ0v) is 17.6. The summed E-state index contributed by atoms with van der Waals surface area (Å²) in [5, 5.41) is 1.27. The lowest BCUT2D eigenvalue weighted by atomic mass is 9.97. The van der Waals surface area contributed by atoms with Crippen LogP contribution < -0.4 is 15.3 Å². The highest BCUT2D eigenvalue weighted by Crippen LogP contribution is 2.40. The first kappa shape index (κ1) is 19.6. The van der Waals surface area contributed by atoms with Crippen LogP contribution in [0.4, 0.5) is 10.1 Å². The van der Waals surface area contributed by atoms with Gasteiger partial charge < -0.3 is 14.1 Å². The van der Waals surface area contributed by atoms with Crippen LogP contribution in [-0.4, -0.2) is 6.73 Å². The van der Waals surface area contributed by atoms with Crippen LogP contribution in [0.1, 0.15) is 22.3 Å². The molecule has 4 nitrogen and oxygen atoms in total. The first-order valence-corrected chi connectivity index (χ1v) is 10.3. The highest BCUT2D eigenvalue weighted by atomic mass is 35.5. The van der Waals surface area contributed by atoms with Gasteiger partial charge in [0, 0.05) is 23.1 Å². The minimum absolute atomic E-state index is 0.263. The molecule has 2 heterocycles.